The molecule has 0 unspecified atom stereocenters. The van der Waals surface area contributed by atoms with Crippen LogP contribution in [0.3, 0.4) is 0 Å². The summed E-state index contributed by atoms with van der Waals surface area (Å²) in [6.45, 7) is 0. The molecule has 2 heterocycles. The Morgan fingerprint density at radius 3 is 2.75 bits per heavy atom. The number of rotatable bonds is 2. The maximum atomic E-state index is 9.28. The predicted octanol–water partition coefficient (Wildman–Crippen LogP) is 4.37. The average molecular weight is 312 g/mol. The van der Waals surface area contributed by atoms with Crippen LogP contribution in [-0.4, -0.2) is 16.6 Å². The fourth-order valence-corrected chi connectivity index (χ4v) is 3.11. The molecule has 2 aromatic carbocycles. The van der Waals surface area contributed by atoms with Gasteiger partial charge in [-0.1, -0.05) is 18.2 Å². The lowest BCUT2D eigenvalue weighted by Gasteiger charge is -2.21. The first-order valence-electron chi connectivity index (χ1n) is 7.76. The Morgan fingerprint density at radius 2 is 1.92 bits per heavy atom. The van der Waals surface area contributed by atoms with E-state index < -0.39 is 0 Å². The van der Waals surface area contributed by atoms with Crippen molar-refractivity contribution in [1.29, 1.82) is 5.26 Å². The number of anilines is 2. The first-order chi connectivity index (χ1) is 11.7. The third-order valence-electron chi connectivity index (χ3n) is 4.43. The second-order valence-corrected chi connectivity index (χ2v) is 5.88. The largest absolute Gasteiger partial charge is 0.351 e. The van der Waals surface area contributed by atoms with Gasteiger partial charge in [0.25, 0.3) is 0 Å². The molecule has 0 saturated carbocycles. The van der Waals surface area contributed by atoms with Crippen molar-refractivity contribution in [3.05, 3.63) is 66.5 Å². The highest BCUT2D eigenvalue weighted by molar-refractivity contribution is 5.95. The number of nitrogens with zero attached hydrogens (tertiary/aromatic N) is 4. The van der Waals surface area contributed by atoms with Crippen LogP contribution in [0.25, 0.3) is 21.8 Å². The monoisotopic (exact) mass is 312 g/mol. The van der Waals surface area contributed by atoms with E-state index in [-0.39, 0.29) is 0 Å². The number of hydrogen-bond donors (Lipinski definition) is 0. The number of nitriles is 1. The van der Waals surface area contributed by atoms with E-state index in [1.165, 1.54) is 10.9 Å². The molecule has 2 aromatic heterocycles. The highest BCUT2D eigenvalue weighted by Gasteiger charge is 2.12. The summed E-state index contributed by atoms with van der Waals surface area (Å²) in [6, 6.07) is 20.4. The first kappa shape index (κ1) is 14.3. The molecule has 4 nitrogen and oxygen atoms in total. The van der Waals surface area contributed by atoms with Gasteiger partial charge in [-0.25, -0.2) is 4.98 Å². The van der Waals surface area contributed by atoms with Crippen molar-refractivity contribution in [2.24, 2.45) is 7.05 Å². The van der Waals surface area contributed by atoms with Crippen LogP contribution in [0.2, 0.25) is 0 Å². The van der Waals surface area contributed by atoms with E-state index in [2.05, 4.69) is 51.0 Å². The number of aromatic nitrogens is 2. The van der Waals surface area contributed by atoms with Crippen molar-refractivity contribution in [2.45, 2.75) is 0 Å². The molecule has 4 aromatic rings. The minimum absolute atomic E-state index is 0.427. The zero-order chi connectivity index (χ0) is 16.7. The van der Waals surface area contributed by atoms with Crippen molar-refractivity contribution in [3.63, 3.8) is 0 Å². The predicted molar refractivity (Wildman–Crippen MR) is 97.4 cm³/mol. The zero-order valence-corrected chi connectivity index (χ0v) is 13.6. The van der Waals surface area contributed by atoms with Gasteiger partial charge in [0.2, 0.25) is 0 Å². The fourth-order valence-electron chi connectivity index (χ4n) is 3.11. The molecular formula is C20H16N4. The Labute approximate surface area is 140 Å². The van der Waals surface area contributed by atoms with Gasteiger partial charge in [0, 0.05) is 42.3 Å². The van der Waals surface area contributed by atoms with Gasteiger partial charge in [-0.15, -0.1) is 0 Å². The number of fused-ring (bicyclic) bond motifs is 2. The van der Waals surface area contributed by atoms with E-state index in [9.17, 15) is 5.26 Å². The molecule has 0 atom stereocenters. The summed E-state index contributed by atoms with van der Waals surface area (Å²) in [5.74, 6) is 0. The molecule has 116 valence electrons. The number of para-hydroxylation sites is 1. The number of hydrogen-bond acceptors (Lipinski definition) is 3. The van der Waals surface area contributed by atoms with Crippen LogP contribution in [0.1, 0.15) is 5.69 Å². The minimum Gasteiger partial charge on any atom is -0.351 e. The third-order valence-corrected chi connectivity index (χ3v) is 4.43. The average Bonchev–Trinajstić information content (AvgIpc) is 3.00. The van der Waals surface area contributed by atoms with Crippen molar-refractivity contribution >= 4 is 33.2 Å². The SMILES string of the molecule is CN(c1ccc2c(ccn2C)c1)c1cc(C#N)nc2ccccc12. The Morgan fingerprint density at radius 1 is 1.08 bits per heavy atom. The number of aryl methyl sites for hydroxylation is 1. The van der Waals surface area contributed by atoms with Gasteiger partial charge in [0.05, 0.1) is 11.2 Å². The highest BCUT2D eigenvalue weighted by Crippen LogP contribution is 2.32. The lowest BCUT2D eigenvalue weighted by Crippen LogP contribution is -2.10. The molecule has 0 aliphatic heterocycles. The summed E-state index contributed by atoms with van der Waals surface area (Å²) in [7, 11) is 4.06. The minimum atomic E-state index is 0.427. The molecule has 24 heavy (non-hydrogen) atoms. The van der Waals surface area contributed by atoms with Gasteiger partial charge in [0.15, 0.2) is 0 Å². The fraction of sp³-hybridized carbons (Fsp3) is 0.100. The second kappa shape index (κ2) is 5.39. The van der Waals surface area contributed by atoms with E-state index >= 15 is 0 Å². The van der Waals surface area contributed by atoms with Crippen LogP contribution < -0.4 is 4.90 Å². The topological polar surface area (TPSA) is 44.9 Å². The Bertz CT molecular complexity index is 1100. The molecule has 0 fully saturated rings. The standard InChI is InChI=1S/C20H16N4/c1-23-10-9-14-11-16(7-8-19(14)23)24(2)20-12-15(13-21)22-18-6-4-3-5-17(18)20/h3-12H,1-2H3. The van der Waals surface area contributed by atoms with Gasteiger partial charge in [-0.05, 0) is 36.4 Å². The molecule has 4 rings (SSSR count). The highest BCUT2D eigenvalue weighted by atomic mass is 15.1. The van der Waals surface area contributed by atoms with Gasteiger partial charge < -0.3 is 9.47 Å². The molecule has 0 saturated heterocycles. The molecule has 0 aliphatic rings. The van der Waals surface area contributed by atoms with Crippen LogP contribution in [0.5, 0.6) is 0 Å². The smallest absolute Gasteiger partial charge is 0.143 e. The van der Waals surface area contributed by atoms with Crippen LogP contribution >= 0.6 is 0 Å². The van der Waals surface area contributed by atoms with Gasteiger partial charge in [-0.2, -0.15) is 5.26 Å². The summed E-state index contributed by atoms with van der Waals surface area (Å²) >= 11 is 0. The maximum absolute atomic E-state index is 9.28. The summed E-state index contributed by atoms with van der Waals surface area (Å²) in [5, 5.41) is 11.5. The molecule has 0 N–H and O–H groups in total. The Balaban J connectivity index is 1.90. The van der Waals surface area contributed by atoms with Crippen LogP contribution in [0.4, 0.5) is 11.4 Å². The van der Waals surface area contributed by atoms with Crippen molar-refractivity contribution in [3.8, 4) is 6.07 Å². The summed E-state index contributed by atoms with van der Waals surface area (Å²) in [6.07, 6.45) is 2.06. The summed E-state index contributed by atoms with van der Waals surface area (Å²) in [4.78, 5) is 6.50. The molecule has 0 aliphatic carbocycles. The van der Waals surface area contributed by atoms with E-state index in [0.717, 1.165) is 22.3 Å². The quantitative estimate of drug-likeness (QED) is 0.552. The normalized spacial score (nSPS) is 10.9. The lowest BCUT2D eigenvalue weighted by molar-refractivity contribution is 0.969. The van der Waals surface area contributed by atoms with E-state index in [0.29, 0.717) is 5.69 Å². The van der Waals surface area contributed by atoms with Gasteiger partial charge in [-0.3, -0.25) is 0 Å². The van der Waals surface area contributed by atoms with Crippen LogP contribution in [-0.2, 0) is 7.05 Å². The molecule has 0 spiro atoms. The van der Waals surface area contributed by atoms with Gasteiger partial charge >= 0.3 is 0 Å². The Hall–Kier alpha value is -3.32. The number of benzene rings is 2. The van der Waals surface area contributed by atoms with Crippen LogP contribution in [0.15, 0.2) is 60.8 Å². The number of pyridine rings is 1. The summed E-state index contributed by atoms with van der Waals surface area (Å²) < 4.78 is 2.11. The molecular weight excluding hydrogens is 296 g/mol. The van der Waals surface area contributed by atoms with Crippen molar-refractivity contribution in [2.75, 3.05) is 11.9 Å². The third kappa shape index (κ3) is 2.19. The van der Waals surface area contributed by atoms with E-state index in [4.69, 9.17) is 0 Å². The van der Waals surface area contributed by atoms with Gasteiger partial charge in [0.1, 0.15) is 11.8 Å². The molecule has 0 radical (unpaired) electrons. The van der Waals surface area contributed by atoms with E-state index in [1.54, 1.807) is 0 Å². The first-order valence-corrected chi connectivity index (χ1v) is 7.76. The van der Waals surface area contributed by atoms with E-state index in [1.807, 2.05) is 44.4 Å². The van der Waals surface area contributed by atoms with Crippen molar-refractivity contribution in [1.82, 2.24) is 9.55 Å². The second-order valence-electron chi connectivity index (χ2n) is 5.88. The van der Waals surface area contributed by atoms with Crippen molar-refractivity contribution < 1.29 is 0 Å². The maximum Gasteiger partial charge on any atom is 0.143 e. The lowest BCUT2D eigenvalue weighted by atomic mass is 10.1. The molecule has 4 heteroatoms. The molecule has 0 bridgehead atoms. The van der Waals surface area contributed by atoms with Crippen LogP contribution in [0, 0.1) is 11.3 Å². The molecule has 0 amide bonds. The Kier molecular flexibility index (Phi) is 3.21. The summed E-state index contributed by atoms with van der Waals surface area (Å²) in [5.41, 5.74) is 4.52. The zero-order valence-electron chi connectivity index (χ0n) is 13.6.